The Morgan fingerprint density at radius 3 is 2.59 bits per heavy atom. The largest absolute Gasteiger partial charge is 0.505 e. The number of nitrogens with zero attached hydrogens (tertiary/aromatic N) is 3. The van der Waals surface area contributed by atoms with Crippen molar-refractivity contribution in [2.75, 3.05) is 0 Å². The minimum absolute atomic E-state index is 0.00576. The molecule has 3 aromatic rings. The van der Waals surface area contributed by atoms with E-state index in [0.717, 1.165) is 6.07 Å². The van der Waals surface area contributed by atoms with E-state index in [1.807, 2.05) is 0 Å². The zero-order valence-corrected chi connectivity index (χ0v) is 14.5. The summed E-state index contributed by atoms with van der Waals surface area (Å²) in [7, 11) is -4.44. The van der Waals surface area contributed by atoms with Gasteiger partial charge in [-0.2, -0.15) is 23.5 Å². The minimum Gasteiger partial charge on any atom is -0.505 e. The van der Waals surface area contributed by atoms with E-state index in [9.17, 15) is 22.9 Å². The van der Waals surface area contributed by atoms with Gasteiger partial charge < -0.3 is 10.2 Å². The summed E-state index contributed by atoms with van der Waals surface area (Å²) in [5.41, 5.74) is 0.307. The van der Waals surface area contributed by atoms with E-state index in [2.05, 4.69) is 26.2 Å². The number of benzene rings is 2. The van der Waals surface area contributed by atoms with E-state index in [-0.39, 0.29) is 33.2 Å². The molecule has 3 rings (SSSR count). The van der Waals surface area contributed by atoms with Crippen molar-refractivity contribution in [1.82, 2.24) is 10.2 Å². The summed E-state index contributed by atoms with van der Waals surface area (Å²) in [5, 5.41) is 25.8. The normalized spacial score (nSPS) is 11.2. The third-order valence-electron chi connectivity index (χ3n) is 3.67. The number of fused-ring (bicyclic) bond motifs is 1. The van der Waals surface area contributed by atoms with Crippen LogP contribution in [0.25, 0.3) is 10.8 Å². The first-order valence-corrected chi connectivity index (χ1v) is 8.80. The second-order valence-electron chi connectivity index (χ2n) is 5.52. The number of phenols is 1. The van der Waals surface area contributed by atoms with Crippen LogP contribution in [0, 0.1) is 6.92 Å². The molecule has 0 saturated carbocycles. The monoisotopic (exact) mass is 388 g/mol. The molecular formula is C16H12N4O6S. The molecular weight excluding hydrogens is 376 g/mol. The maximum atomic E-state index is 11.4. The molecule has 1 aromatic heterocycles. The molecule has 10 nitrogen and oxygen atoms in total. The topological polar surface area (TPSA) is 165 Å². The van der Waals surface area contributed by atoms with Gasteiger partial charge >= 0.3 is 5.97 Å². The SMILES string of the molecule is Cc1cc2ccc(S(=O)(=O)O)cc2c(N=C=Nc2cc(C(=O)O)[nH]n2)c1O. The highest BCUT2D eigenvalue weighted by atomic mass is 32.2. The molecule has 4 N–H and O–H groups in total. The van der Waals surface area contributed by atoms with Crippen LogP contribution in [-0.4, -0.2) is 45.4 Å². The first-order chi connectivity index (χ1) is 12.7. The van der Waals surface area contributed by atoms with Gasteiger partial charge in [0, 0.05) is 11.5 Å². The Morgan fingerprint density at radius 2 is 1.96 bits per heavy atom. The van der Waals surface area contributed by atoms with Crippen molar-refractivity contribution in [3.63, 3.8) is 0 Å². The van der Waals surface area contributed by atoms with Gasteiger partial charge in [0.15, 0.2) is 5.82 Å². The predicted molar refractivity (Wildman–Crippen MR) is 94.9 cm³/mol. The number of carbonyl (C=O) groups is 1. The van der Waals surface area contributed by atoms with Gasteiger partial charge in [-0.3, -0.25) is 9.65 Å². The van der Waals surface area contributed by atoms with Gasteiger partial charge in [-0.05, 0) is 36.1 Å². The molecule has 2 aromatic carbocycles. The molecule has 0 aliphatic rings. The Labute approximate surface area is 152 Å². The minimum atomic E-state index is -4.44. The van der Waals surface area contributed by atoms with Crippen LogP contribution in [0.1, 0.15) is 16.1 Å². The van der Waals surface area contributed by atoms with Crippen molar-refractivity contribution in [3.8, 4) is 5.75 Å². The fourth-order valence-corrected chi connectivity index (χ4v) is 2.87. The second-order valence-corrected chi connectivity index (χ2v) is 6.94. The average Bonchev–Trinajstić information content (AvgIpc) is 3.06. The number of H-pyrrole nitrogens is 1. The lowest BCUT2D eigenvalue weighted by molar-refractivity contribution is 0.0690. The van der Waals surface area contributed by atoms with Crippen molar-refractivity contribution in [2.45, 2.75) is 11.8 Å². The van der Waals surface area contributed by atoms with Crippen molar-refractivity contribution in [1.29, 1.82) is 0 Å². The molecule has 11 heteroatoms. The summed E-state index contributed by atoms with van der Waals surface area (Å²) in [4.78, 5) is 18.1. The predicted octanol–water partition coefficient (Wildman–Crippen LogP) is 2.66. The van der Waals surface area contributed by atoms with Crippen LogP contribution in [0.5, 0.6) is 5.75 Å². The standard InChI is InChI=1S/C16H12N4O6S/c1-8-4-9-2-3-10(27(24,25)26)5-11(9)14(15(8)21)18-7-17-13-6-12(16(22)23)19-20-13/h2-6,21H,1H3,(H,19,20)(H,22,23)(H,24,25,26). The van der Waals surface area contributed by atoms with E-state index in [4.69, 9.17) is 5.11 Å². The molecule has 0 fully saturated rings. The molecule has 1 heterocycles. The Balaban J connectivity index is 2.14. The second kappa shape index (κ2) is 6.65. The lowest BCUT2D eigenvalue weighted by Crippen LogP contribution is -1.97. The number of nitrogens with one attached hydrogen (secondary N) is 1. The summed E-state index contributed by atoms with van der Waals surface area (Å²) >= 11 is 0. The van der Waals surface area contributed by atoms with E-state index >= 15 is 0 Å². The Morgan fingerprint density at radius 1 is 1.22 bits per heavy atom. The number of phenolic OH excluding ortho intramolecular Hbond substituents is 1. The fraction of sp³-hybridized carbons (Fsp3) is 0.0625. The molecule has 0 atom stereocenters. The number of aromatic nitrogens is 2. The fourth-order valence-electron chi connectivity index (χ4n) is 2.36. The van der Waals surface area contributed by atoms with Crippen LogP contribution >= 0.6 is 0 Å². The number of rotatable bonds is 4. The summed E-state index contributed by atoms with van der Waals surface area (Å²) in [6.07, 6.45) is 0. The summed E-state index contributed by atoms with van der Waals surface area (Å²) < 4.78 is 31.9. The van der Waals surface area contributed by atoms with E-state index in [1.165, 1.54) is 18.2 Å². The van der Waals surface area contributed by atoms with Crippen LogP contribution in [0.15, 0.2) is 45.2 Å². The molecule has 0 radical (unpaired) electrons. The number of carboxylic acids is 1. The van der Waals surface area contributed by atoms with Gasteiger partial charge in [-0.1, -0.05) is 6.07 Å². The van der Waals surface area contributed by atoms with E-state index in [1.54, 1.807) is 13.0 Å². The average molecular weight is 388 g/mol. The number of hydrogen-bond donors (Lipinski definition) is 4. The van der Waals surface area contributed by atoms with Crippen LogP contribution in [0.3, 0.4) is 0 Å². The van der Waals surface area contributed by atoms with Crippen LogP contribution in [0.4, 0.5) is 11.5 Å². The molecule has 0 spiro atoms. The van der Waals surface area contributed by atoms with Crippen LogP contribution in [-0.2, 0) is 10.1 Å². The third kappa shape index (κ3) is 3.70. The van der Waals surface area contributed by atoms with Crippen LogP contribution < -0.4 is 0 Å². The molecule has 0 aliphatic carbocycles. The van der Waals surface area contributed by atoms with Crippen molar-refractivity contribution < 1.29 is 28.0 Å². The summed E-state index contributed by atoms with van der Waals surface area (Å²) in [5.74, 6) is -1.42. The molecule has 0 bridgehead atoms. The van der Waals surface area contributed by atoms with Crippen molar-refractivity contribution in [3.05, 3.63) is 41.6 Å². The number of aromatic amines is 1. The molecule has 0 saturated heterocycles. The lowest BCUT2D eigenvalue weighted by atomic mass is 10.0. The van der Waals surface area contributed by atoms with Crippen molar-refractivity contribution in [2.24, 2.45) is 9.98 Å². The molecule has 138 valence electrons. The smallest absolute Gasteiger partial charge is 0.353 e. The van der Waals surface area contributed by atoms with E-state index < -0.39 is 16.1 Å². The number of aromatic hydroxyl groups is 1. The Hall–Kier alpha value is -3.53. The van der Waals surface area contributed by atoms with Gasteiger partial charge in [0.2, 0.25) is 0 Å². The maximum absolute atomic E-state index is 11.4. The van der Waals surface area contributed by atoms with Crippen molar-refractivity contribution >= 4 is 44.4 Å². The number of aliphatic imine (C=N–C) groups is 2. The van der Waals surface area contributed by atoms with Gasteiger partial charge in [-0.25, -0.2) is 4.79 Å². The molecule has 0 aliphatic heterocycles. The summed E-state index contributed by atoms with van der Waals surface area (Å²) in [6.45, 7) is 1.63. The summed E-state index contributed by atoms with van der Waals surface area (Å²) in [6, 6.07) is 8.94. The Bertz CT molecular complexity index is 1240. The zero-order chi connectivity index (χ0) is 19.8. The zero-order valence-electron chi connectivity index (χ0n) is 13.7. The van der Waals surface area contributed by atoms with E-state index in [0.29, 0.717) is 10.9 Å². The van der Waals surface area contributed by atoms with Gasteiger partial charge in [0.05, 0.1) is 4.90 Å². The highest BCUT2D eigenvalue weighted by molar-refractivity contribution is 7.85. The quantitative estimate of drug-likeness (QED) is 0.394. The molecule has 0 amide bonds. The molecule has 0 unspecified atom stereocenters. The third-order valence-corrected chi connectivity index (χ3v) is 4.52. The number of carboxylic acid groups (broad SMARTS) is 1. The van der Waals surface area contributed by atoms with Gasteiger partial charge in [0.25, 0.3) is 10.1 Å². The Kier molecular flexibility index (Phi) is 4.50. The first-order valence-electron chi connectivity index (χ1n) is 7.36. The highest BCUT2D eigenvalue weighted by Gasteiger charge is 2.15. The first kappa shape index (κ1) is 18.3. The molecule has 27 heavy (non-hydrogen) atoms. The number of hydrogen-bond acceptors (Lipinski definition) is 7. The number of aryl methyl sites for hydroxylation is 1. The number of aromatic carboxylic acids is 1. The highest BCUT2D eigenvalue weighted by Crippen LogP contribution is 2.38. The maximum Gasteiger partial charge on any atom is 0.353 e. The van der Waals surface area contributed by atoms with Gasteiger partial charge in [-0.15, -0.1) is 0 Å². The van der Waals surface area contributed by atoms with Crippen LogP contribution in [0.2, 0.25) is 0 Å². The lowest BCUT2D eigenvalue weighted by Gasteiger charge is -2.08. The van der Waals surface area contributed by atoms with Gasteiger partial charge in [0.1, 0.15) is 23.1 Å².